The minimum atomic E-state index is -3.76. The zero-order chi connectivity index (χ0) is 22.6. The van der Waals surface area contributed by atoms with Gasteiger partial charge in [0.05, 0.1) is 4.90 Å². The molecule has 1 heterocycles. The molecule has 1 saturated heterocycles. The quantitative estimate of drug-likeness (QED) is 0.689. The van der Waals surface area contributed by atoms with E-state index < -0.39 is 16.1 Å². The Bertz CT molecular complexity index is 984. The number of carbonyl (C=O) groups is 1. The summed E-state index contributed by atoms with van der Waals surface area (Å²) >= 11 is 0. The topological polar surface area (TPSA) is 78.5 Å². The highest BCUT2D eigenvalue weighted by Gasteiger charge is 2.37. The maximum atomic E-state index is 13.3. The van der Waals surface area contributed by atoms with E-state index in [2.05, 4.69) is 50.5 Å². The predicted molar refractivity (Wildman–Crippen MR) is 123 cm³/mol. The molecule has 31 heavy (non-hydrogen) atoms. The van der Waals surface area contributed by atoms with Crippen LogP contribution in [0.5, 0.6) is 0 Å². The molecule has 0 spiro atoms. The molecular formula is C24H33N3O3S. The van der Waals surface area contributed by atoms with E-state index in [0.29, 0.717) is 31.5 Å². The first-order chi connectivity index (χ1) is 14.7. The summed E-state index contributed by atoms with van der Waals surface area (Å²) < 4.78 is 27.9. The summed E-state index contributed by atoms with van der Waals surface area (Å²) in [5.74, 6) is 0.483. The van der Waals surface area contributed by atoms with Crippen molar-refractivity contribution in [1.82, 2.24) is 14.9 Å². The van der Waals surface area contributed by atoms with Crippen molar-refractivity contribution in [3.05, 3.63) is 65.2 Å². The molecule has 1 aliphatic rings. The van der Waals surface area contributed by atoms with E-state index >= 15 is 0 Å². The first-order valence-corrected chi connectivity index (χ1v) is 12.3. The average Bonchev–Trinajstić information content (AvgIpc) is 2.77. The molecule has 1 amide bonds. The Morgan fingerprint density at radius 3 is 2.10 bits per heavy atom. The van der Waals surface area contributed by atoms with Gasteiger partial charge < -0.3 is 10.6 Å². The molecule has 3 rings (SSSR count). The van der Waals surface area contributed by atoms with Gasteiger partial charge in [0.2, 0.25) is 15.9 Å². The number of piperazine rings is 1. The van der Waals surface area contributed by atoms with E-state index in [4.69, 9.17) is 0 Å². The van der Waals surface area contributed by atoms with E-state index in [1.165, 1.54) is 9.87 Å². The van der Waals surface area contributed by atoms with E-state index in [1.54, 1.807) is 12.1 Å². The van der Waals surface area contributed by atoms with E-state index in [1.807, 2.05) is 24.3 Å². The first-order valence-electron chi connectivity index (χ1n) is 10.9. The van der Waals surface area contributed by atoms with Crippen molar-refractivity contribution in [3.8, 4) is 0 Å². The van der Waals surface area contributed by atoms with Crippen molar-refractivity contribution in [2.75, 3.05) is 19.6 Å². The third-order valence-electron chi connectivity index (χ3n) is 5.76. The summed E-state index contributed by atoms with van der Waals surface area (Å²) in [5.41, 5.74) is 3.31. The van der Waals surface area contributed by atoms with Gasteiger partial charge in [-0.3, -0.25) is 4.79 Å². The maximum absolute atomic E-state index is 13.3. The molecule has 0 radical (unpaired) electrons. The van der Waals surface area contributed by atoms with Crippen LogP contribution in [0.2, 0.25) is 0 Å². The summed E-state index contributed by atoms with van der Waals surface area (Å²) in [6.07, 6.45) is 0. The van der Waals surface area contributed by atoms with Crippen LogP contribution in [0.15, 0.2) is 53.4 Å². The third-order valence-corrected chi connectivity index (χ3v) is 7.69. The van der Waals surface area contributed by atoms with Gasteiger partial charge >= 0.3 is 0 Å². The summed E-state index contributed by atoms with van der Waals surface area (Å²) in [4.78, 5) is 13.1. The van der Waals surface area contributed by atoms with Gasteiger partial charge in [-0.25, -0.2) is 8.42 Å². The lowest BCUT2D eigenvalue weighted by atomic mass is 10.0. The molecule has 2 aromatic carbocycles. The Morgan fingerprint density at radius 2 is 1.55 bits per heavy atom. The lowest BCUT2D eigenvalue weighted by Crippen LogP contribution is -2.59. The smallest absolute Gasteiger partial charge is 0.243 e. The van der Waals surface area contributed by atoms with Crippen LogP contribution in [0, 0.1) is 0 Å². The molecule has 6 nitrogen and oxygen atoms in total. The second-order valence-corrected chi connectivity index (χ2v) is 10.6. The molecule has 0 aliphatic carbocycles. The molecule has 0 unspecified atom stereocenters. The Morgan fingerprint density at radius 1 is 1.00 bits per heavy atom. The minimum absolute atomic E-state index is 0.223. The Kier molecular flexibility index (Phi) is 7.51. The van der Waals surface area contributed by atoms with Crippen molar-refractivity contribution in [3.63, 3.8) is 0 Å². The van der Waals surface area contributed by atoms with Crippen molar-refractivity contribution in [1.29, 1.82) is 0 Å². The van der Waals surface area contributed by atoms with E-state index in [-0.39, 0.29) is 17.3 Å². The first kappa shape index (κ1) is 23.4. The zero-order valence-electron chi connectivity index (χ0n) is 18.8. The van der Waals surface area contributed by atoms with Crippen LogP contribution in [-0.4, -0.2) is 44.3 Å². The summed E-state index contributed by atoms with van der Waals surface area (Å²) in [6.45, 7) is 9.84. The molecule has 0 saturated carbocycles. The molecule has 2 N–H and O–H groups in total. The van der Waals surface area contributed by atoms with Crippen molar-refractivity contribution >= 4 is 15.9 Å². The lowest BCUT2D eigenvalue weighted by Gasteiger charge is -2.34. The van der Waals surface area contributed by atoms with Gasteiger partial charge in [-0.1, -0.05) is 64.1 Å². The molecule has 168 valence electrons. The monoisotopic (exact) mass is 443 g/mol. The highest BCUT2D eigenvalue weighted by Crippen LogP contribution is 2.23. The normalized spacial score (nSPS) is 17.8. The molecule has 0 aromatic heterocycles. The fourth-order valence-corrected chi connectivity index (χ4v) is 5.27. The van der Waals surface area contributed by atoms with Crippen LogP contribution < -0.4 is 10.6 Å². The number of hydrogen-bond acceptors (Lipinski definition) is 4. The van der Waals surface area contributed by atoms with Crippen molar-refractivity contribution in [2.45, 2.75) is 57.0 Å². The van der Waals surface area contributed by atoms with Crippen molar-refractivity contribution in [2.24, 2.45) is 0 Å². The fraction of sp³-hybridized carbons (Fsp3) is 0.458. The summed E-state index contributed by atoms with van der Waals surface area (Å²) in [7, 11) is -3.76. The van der Waals surface area contributed by atoms with Gasteiger partial charge in [0.25, 0.3) is 0 Å². The number of carbonyl (C=O) groups excluding carboxylic acids is 1. The second-order valence-electron chi connectivity index (χ2n) is 8.67. The third kappa shape index (κ3) is 5.53. The lowest BCUT2D eigenvalue weighted by molar-refractivity contribution is -0.125. The molecular weight excluding hydrogens is 410 g/mol. The van der Waals surface area contributed by atoms with Crippen LogP contribution in [0.1, 0.15) is 56.2 Å². The standard InChI is InChI=1S/C24H33N3O3S/c1-17(2)20-7-5-19(6-8-20)15-26-24(28)23-16-25-13-14-27(23)31(29,30)22-11-9-21(10-12-22)18(3)4/h5-12,17-18,23,25H,13-16H2,1-4H3,(H,26,28)/t23-/m1/s1. The van der Waals surface area contributed by atoms with Crippen LogP contribution in [0.25, 0.3) is 0 Å². The molecule has 0 bridgehead atoms. The van der Waals surface area contributed by atoms with E-state index in [0.717, 1.165) is 11.1 Å². The largest absolute Gasteiger partial charge is 0.351 e. The molecule has 1 aliphatic heterocycles. The zero-order valence-corrected chi connectivity index (χ0v) is 19.6. The Labute approximate surface area is 186 Å². The SMILES string of the molecule is CC(C)c1ccc(CNC(=O)[C@H]2CNCCN2S(=O)(=O)c2ccc(C(C)C)cc2)cc1. The van der Waals surface area contributed by atoms with Gasteiger partial charge in [-0.15, -0.1) is 0 Å². The highest BCUT2D eigenvalue weighted by molar-refractivity contribution is 7.89. The second kappa shape index (κ2) is 9.94. The number of hydrogen-bond donors (Lipinski definition) is 2. The number of nitrogens with one attached hydrogen (secondary N) is 2. The number of nitrogens with zero attached hydrogens (tertiary/aromatic N) is 1. The number of rotatable bonds is 7. The van der Waals surface area contributed by atoms with Gasteiger partial charge in [0.1, 0.15) is 6.04 Å². The molecule has 1 fully saturated rings. The van der Waals surface area contributed by atoms with Gasteiger partial charge in [0, 0.05) is 26.2 Å². The van der Waals surface area contributed by atoms with Gasteiger partial charge in [-0.05, 0) is 40.7 Å². The predicted octanol–water partition coefficient (Wildman–Crippen LogP) is 3.21. The van der Waals surface area contributed by atoms with Crippen LogP contribution in [0.4, 0.5) is 0 Å². The Balaban J connectivity index is 1.72. The summed E-state index contributed by atoms with van der Waals surface area (Å²) in [6, 6.07) is 14.3. The molecule has 1 atom stereocenters. The minimum Gasteiger partial charge on any atom is -0.351 e. The van der Waals surface area contributed by atoms with Gasteiger partial charge in [-0.2, -0.15) is 4.31 Å². The van der Waals surface area contributed by atoms with Crippen LogP contribution in [-0.2, 0) is 21.4 Å². The average molecular weight is 444 g/mol. The van der Waals surface area contributed by atoms with E-state index in [9.17, 15) is 13.2 Å². The number of sulfonamides is 1. The fourth-order valence-electron chi connectivity index (χ4n) is 3.68. The summed E-state index contributed by atoms with van der Waals surface area (Å²) in [5, 5.41) is 6.05. The van der Waals surface area contributed by atoms with Crippen LogP contribution >= 0.6 is 0 Å². The number of benzene rings is 2. The Hall–Kier alpha value is -2.22. The molecule has 2 aromatic rings. The van der Waals surface area contributed by atoms with Crippen LogP contribution in [0.3, 0.4) is 0 Å². The maximum Gasteiger partial charge on any atom is 0.243 e. The van der Waals surface area contributed by atoms with Crippen molar-refractivity contribution < 1.29 is 13.2 Å². The molecule has 7 heteroatoms. The highest BCUT2D eigenvalue weighted by atomic mass is 32.2. The van der Waals surface area contributed by atoms with Gasteiger partial charge in [0.15, 0.2) is 0 Å². The number of amides is 1.